The molecule has 5 heteroatoms. The molecule has 0 rings (SSSR count). The molecule has 0 aliphatic carbocycles. The lowest BCUT2D eigenvalue weighted by atomic mass is 10.5. The number of aliphatic carboxylic acids is 1. The number of likely N-dealkylation sites (N-methyl/N-ethyl adjacent to an activating group) is 1. The van der Waals surface area contributed by atoms with Gasteiger partial charge < -0.3 is 15.8 Å². The van der Waals surface area contributed by atoms with Crippen LogP contribution in [-0.2, 0) is 4.79 Å². The fourth-order valence-corrected chi connectivity index (χ4v) is 0.340. The third-order valence-electron chi connectivity index (χ3n) is 0.757. The quantitative estimate of drug-likeness (QED) is 0.245. The van der Waals surface area contributed by atoms with Gasteiger partial charge in [0.2, 0.25) is 0 Å². The van der Waals surface area contributed by atoms with Crippen LogP contribution in [0.25, 0.3) is 0 Å². The van der Waals surface area contributed by atoms with Crippen molar-refractivity contribution in [2.24, 2.45) is 11.6 Å². The van der Waals surface area contributed by atoms with Gasteiger partial charge in [0, 0.05) is 13.2 Å². The van der Waals surface area contributed by atoms with Gasteiger partial charge in [-0.3, -0.25) is 0 Å². The molecule has 9 heavy (non-hydrogen) atoms. The Kier molecular flexibility index (Phi) is 2.53. The van der Waals surface area contributed by atoms with E-state index in [4.69, 9.17) is 16.7 Å². The first-order chi connectivity index (χ1) is 4.09. The van der Waals surface area contributed by atoms with E-state index in [9.17, 15) is 4.79 Å². The van der Waals surface area contributed by atoms with Gasteiger partial charge in [0.05, 0.1) is 0 Å². The van der Waals surface area contributed by atoms with Crippen molar-refractivity contribution in [3.8, 4) is 0 Å². The second kappa shape index (κ2) is 2.93. The average Bonchev–Trinajstić information content (AvgIpc) is 1.64. The maximum atomic E-state index is 10.1. The summed E-state index contributed by atoms with van der Waals surface area (Å²) in [4.78, 5) is 10.1. The van der Waals surface area contributed by atoms with E-state index in [1.807, 2.05) is 0 Å². The van der Waals surface area contributed by atoms with Gasteiger partial charge in [0.1, 0.15) is 0 Å². The van der Waals surface area contributed by atoms with Crippen molar-refractivity contribution in [3.05, 3.63) is 11.9 Å². The van der Waals surface area contributed by atoms with Crippen LogP contribution in [0.5, 0.6) is 0 Å². The number of carboxylic acids is 1. The van der Waals surface area contributed by atoms with E-state index in [2.05, 4.69) is 0 Å². The number of nitrogens with two attached hydrogens (primary N) is 2. The number of hydrogen-bond donors (Lipinski definition) is 3. The van der Waals surface area contributed by atoms with Gasteiger partial charge in [-0.15, -0.1) is 0 Å². The molecule has 52 valence electrons. The van der Waals surface area contributed by atoms with E-state index >= 15 is 0 Å². The van der Waals surface area contributed by atoms with Crippen LogP contribution >= 0.6 is 0 Å². The first-order valence-electron chi connectivity index (χ1n) is 2.23. The van der Waals surface area contributed by atoms with Gasteiger partial charge in [0.25, 0.3) is 0 Å². The summed E-state index contributed by atoms with van der Waals surface area (Å²) in [6.45, 7) is 0. The molecule has 0 spiro atoms. The molecule has 0 aliphatic rings. The van der Waals surface area contributed by atoms with E-state index in [0.717, 1.165) is 11.2 Å². The number of hydrogen-bond acceptors (Lipinski definition) is 4. The fraction of sp³-hybridized carbons (Fsp3) is 0.250. The Morgan fingerprint density at radius 1 is 1.78 bits per heavy atom. The number of nitrogens with zero attached hydrogens (tertiary/aromatic N) is 1. The molecule has 0 saturated carbocycles. The molecule has 0 heterocycles. The van der Waals surface area contributed by atoms with Crippen molar-refractivity contribution < 1.29 is 9.90 Å². The van der Waals surface area contributed by atoms with Crippen LogP contribution in [0.2, 0.25) is 0 Å². The predicted octanol–water partition coefficient (Wildman–Crippen LogP) is -1.32. The van der Waals surface area contributed by atoms with Crippen molar-refractivity contribution in [2.45, 2.75) is 0 Å². The monoisotopic (exact) mass is 131 g/mol. The Bertz CT molecular complexity index is 141. The zero-order chi connectivity index (χ0) is 7.44. The maximum absolute atomic E-state index is 10.1. The summed E-state index contributed by atoms with van der Waals surface area (Å²) in [5, 5.41) is 9.21. The number of carboxylic acid groups (broad SMARTS) is 1. The zero-order valence-corrected chi connectivity index (χ0v) is 5.03. The van der Waals surface area contributed by atoms with E-state index < -0.39 is 5.97 Å². The highest BCUT2D eigenvalue weighted by Gasteiger charge is 2.07. The molecule has 0 aromatic rings. The van der Waals surface area contributed by atoms with E-state index in [1.54, 1.807) is 0 Å². The summed E-state index contributed by atoms with van der Waals surface area (Å²) in [5.41, 5.74) is 4.78. The molecule has 0 unspecified atom stereocenters. The summed E-state index contributed by atoms with van der Waals surface area (Å²) in [5.74, 6) is 3.92. The molecular weight excluding hydrogens is 122 g/mol. The molecule has 0 saturated heterocycles. The maximum Gasteiger partial charge on any atom is 0.355 e. The van der Waals surface area contributed by atoms with Crippen molar-refractivity contribution in [1.29, 1.82) is 0 Å². The highest BCUT2D eigenvalue weighted by molar-refractivity contribution is 5.85. The molecule has 5 N–H and O–H groups in total. The summed E-state index contributed by atoms with van der Waals surface area (Å²) < 4.78 is 0. The Morgan fingerprint density at radius 2 is 2.22 bits per heavy atom. The Balaban J connectivity index is 4.19. The van der Waals surface area contributed by atoms with Gasteiger partial charge in [-0.2, -0.15) is 0 Å². The Hall–Kier alpha value is -1.23. The number of carbonyl (C=O) groups is 1. The lowest BCUT2D eigenvalue weighted by Crippen LogP contribution is -2.30. The topological polar surface area (TPSA) is 92.6 Å². The summed E-state index contributed by atoms with van der Waals surface area (Å²) in [7, 11) is 1.40. The molecule has 0 aliphatic heterocycles. The second-order valence-corrected chi connectivity index (χ2v) is 1.47. The summed E-state index contributed by atoms with van der Waals surface area (Å²) in [6, 6.07) is 0. The SMILES string of the molecule is CN(N)/C(=C\N)C(=O)O. The normalized spacial score (nSPS) is 11.1. The Labute approximate surface area is 52.5 Å². The minimum Gasteiger partial charge on any atom is -0.476 e. The van der Waals surface area contributed by atoms with Crippen LogP contribution in [0.3, 0.4) is 0 Å². The predicted molar refractivity (Wildman–Crippen MR) is 31.9 cm³/mol. The lowest BCUT2D eigenvalue weighted by Gasteiger charge is -2.10. The molecule has 0 amide bonds. The van der Waals surface area contributed by atoms with E-state index in [-0.39, 0.29) is 5.70 Å². The van der Waals surface area contributed by atoms with Crippen LogP contribution < -0.4 is 11.6 Å². The first kappa shape index (κ1) is 7.77. The van der Waals surface area contributed by atoms with E-state index in [1.165, 1.54) is 7.05 Å². The highest BCUT2D eigenvalue weighted by atomic mass is 16.4. The highest BCUT2D eigenvalue weighted by Crippen LogP contribution is 1.90. The molecule has 5 nitrogen and oxygen atoms in total. The number of hydrazine groups is 1. The molecular formula is C4H9N3O2. The molecule has 0 aromatic heterocycles. The minimum absolute atomic E-state index is 0.130. The molecule has 0 atom stereocenters. The minimum atomic E-state index is -1.14. The third-order valence-corrected chi connectivity index (χ3v) is 0.757. The largest absolute Gasteiger partial charge is 0.476 e. The van der Waals surface area contributed by atoms with Crippen molar-refractivity contribution >= 4 is 5.97 Å². The van der Waals surface area contributed by atoms with Gasteiger partial charge in [-0.25, -0.2) is 10.6 Å². The van der Waals surface area contributed by atoms with E-state index in [0.29, 0.717) is 0 Å². The summed E-state index contributed by atoms with van der Waals surface area (Å²) >= 11 is 0. The second-order valence-electron chi connectivity index (χ2n) is 1.47. The van der Waals surface area contributed by atoms with Crippen LogP contribution in [0.15, 0.2) is 11.9 Å². The van der Waals surface area contributed by atoms with Crippen molar-refractivity contribution in [3.63, 3.8) is 0 Å². The van der Waals surface area contributed by atoms with Crippen molar-refractivity contribution in [2.75, 3.05) is 7.05 Å². The standard InChI is InChI=1S/C4H9N3O2/c1-7(6)3(2-5)4(8)9/h2H,5-6H2,1H3,(H,8,9)/b3-2-. The summed E-state index contributed by atoms with van der Waals surface area (Å²) in [6.07, 6.45) is 0.933. The lowest BCUT2D eigenvalue weighted by molar-refractivity contribution is -0.134. The van der Waals surface area contributed by atoms with Crippen LogP contribution in [0, 0.1) is 0 Å². The van der Waals surface area contributed by atoms with Gasteiger partial charge in [-0.05, 0) is 0 Å². The Morgan fingerprint density at radius 3 is 2.22 bits per heavy atom. The molecule has 0 radical (unpaired) electrons. The first-order valence-corrected chi connectivity index (χ1v) is 2.23. The van der Waals surface area contributed by atoms with Gasteiger partial charge >= 0.3 is 5.97 Å². The fourth-order valence-electron chi connectivity index (χ4n) is 0.340. The van der Waals surface area contributed by atoms with Crippen molar-refractivity contribution in [1.82, 2.24) is 5.01 Å². The average molecular weight is 131 g/mol. The third kappa shape index (κ3) is 2.00. The zero-order valence-electron chi connectivity index (χ0n) is 5.03. The van der Waals surface area contributed by atoms with Crippen LogP contribution in [0.1, 0.15) is 0 Å². The van der Waals surface area contributed by atoms with Gasteiger partial charge in [-0.1, -0.05) is 0 Å². The smallest absolute Gasteiger partial charge is 0.355 e. The van der Waals surface area contributed by atoms with Gasteiger partial charge in [0.15, 0.2) is 5.70 Å². The molecule has 0 aromatic carbocycles. The number of rotatable bonds is 2. The molecule has 0 bridgehead atoms. The van der Waals surface area contributed by atoms with Crippen LogP contribution in [0.4, 0.5) is 0 Å². The molecule has 0 fully saturated rings. The van der Waals surface area contributed by atoms with Crippen LogP contribution in [-0.4, -0.2) is 23.1 Å².